The third kappa shape index (κ3) is 2.97. The summed E-state index contributed by atoms with van der Waals surface area (Å²) in [7, 11) is -4.93. The molecule has 2 aliphatic heterocycles. The van der Waals surface area contributed by atoms with Crippen LogP contribution in [-0.2, 0) is 33.6 Å². The first kappa shape index (κ1) is 14.1. The number of ether oxygens (including phenoxy) is 3. The molecule has 0 aliphatic carbocycles. The summed E-state index contributed by atoms with van der Waals surface area (Å²) in [6.45, 7) is 3.29. The van der Waals surface area contributed by atoms with Gasteiger partial charge in [-0.15, -0.1) is 0 Å². The Bertz CT molecular complexity index is 532. The molecule has 9 nitrogen and oxygen atoms in total. The van der Waals surface area contributed by atoms with Crippen LogP contribution >= 0.6 is 0 Å². The SMILES string of the molecule is CC1(C)OCC(C2OC(=O)C(OS(=O)(=O)O)=C2O)O1. The minimum absolute atomic E-state index is 0.0359. The van der Waals surface area contributed by atoms with E-state index in [1.54, 1.807) is 13.8 Å². The molecule has 0 saturated carbocycles. The van der Waals surface area contributed by atoms with Gasteiger partial charge in [-0.2, -0.15) is 8.42 Å². The molecule has 0 bridgehead atoms. The highest BCUT2D eigenvalue weighted by molar-refractivity contribution is 7.81. The Balaban J connectivity index is 2.20. The Kier molecular flexibility index (Phi) is 3.21. The number of hydrogen-bond acceptors (Lipinski definition) is 8. The highest BCUT2D eigenvalue weighted by Gasteiger charge is 2.48. The van der Waals surface area contributed by atoms with Gasteiger partial charge in [-0.1, -0.05) is 0 Å². The van der Waals surface area contributed by atoms with Crippen LogP contribution in [0.1, 0.15) is 13.8 Å². The maximum atomic E-state index is 11.4. The summed E-state index contributed by atoms with van der Waals surface area (Å²) in [5.41, 5.74) is 0. The standard InChI is InChI=1S/C9H12O9S/c1-9(2)15-3-4(17-9)6-5(10)7(8(11)16-6)18-19(12,13)14/h4,6,10H,3H2,1-2H3,(H,12,13,14). The van der Waals surface area contributed by atoms with Crippen molar-refractivity contribution < 1.29 is 41.3 Å². The van der Waals surface area contributed by atoms with E-state index in [9.17, 15) is 18.3 Å². The average molecular weight is 296 g/mol. The van der Waals surface area contributed by atoms with Crippen molar-refractivity contribution in [3.63, 3.8) is 0 Å². The highest BCUT2D eigenvalue weighted by atomic mass is 32.3. The summed E-state index contributed by atoms with van der Waals surface area (Å²) in [5.74, 6) is -3.88. The predicted octanol–water partition coefficient (Wildman–Crippen LogP) is -0.348. The van der Waals surface area contributed by atoms with Crippen LogP contribution in [-0.4, -0.2) is 48.6 Å². The Labute approximate surface area is 108 Å². The smallest absolute Gasteiger partial charge is 0.446 e. The topological polar surface area (TPSA) is 129 Å². The van der Waals surface area contributed by atoms with Crippen molar-refractivity contribution in [2.45, 2.75) is 31.8 Å². The van der Waals surface area contributed by atoms with E-state index in [2.05, 4.69) is 4.18 Å². The third-order valence-corrected chi connectivity index (χ3v) is 2.86. The van der Waals surface area contributed by atoms with Crippen molar-refractivity contribution in [1.29, 1.82) is 0 Å². The lowest BCUT2D eigenvalue weighted by Gasteiger charge is -2.19. The molecule has 19 heavy (non-hydrogen) atoms. The zero-order valence-corrected chi connectivity index (χ0v) is 10.8. The van der Waals surface area contributed by atoms with Crippen molar-refractivity contribution in [1.82, 2.24) is 0 Å². The van der Waals surface area contributed by atoms with Crippen LogP contribution in [0.4, 0.5) is 0 Å². The lowest BCUT2D eigenvalue weighted by Crippen LogP contribution is -2.32. The number of esters is 1. The first-order valence-corrected chi connectivity index (χ1v) is 6.58. The lowest BCUT2D eigenvalue weighted by molar-refractivity contribution is -0.162. The minimum atomic E-state index is -4.93. The number of rotatable bonds is 3. The van der Waals surface area contributed by atoms with Crippen LogP contribution in [0.5, 0.6) is 0 Å². The van der Waals surface area contributed by atoms with Crippen LogP contribution in [0.3, 0.4) is 0 Å². The molecule has 2 unspecified atom stereocenters. The van der Waals surface area contributed by atoms with E-state index in [4.69, 9.17) is 18.8 Å². The van der Waals surface area contributed by atoms with Gasteiger partial charge in [0.1, 0.15) is 6.10 Å². The minimum Gasteiger partial charge on any atom is -0.505 e. The number of carbonyl (C=O) groups is 1. The molecular formula is C9H12O9S. The molecule has 0 radical (unpaired) electrons. The lowest BCUT2D eigenvalue weighted by atomic mass is 10.2. The summed E-state index contributed by atoms with van der Waals surface area (Å²) in [4.78, 5) is 11.4. The Hall–Kier alpha value is -1.36. The molecule has 0 aromatic heterocycles. The van der Waals surface area contributed by atoms with Crippen molar-refractivity contribution in [3.05, 3.63) is 11.5 Å². The molecule has 108 valence electrons. The van der Waals surface area contributed by atoms with Crippen LogP contribution < -0.4 is 0 Å². The van der Waals surface area contributed by atoms with Crippen LogP contribution in [0.15, 0.2) is 11.5 Å². The zero-order valence-electron chi connectivity index (χ0n) is 10.0. The van der Waals surface area contributed by atoms with Gasteiger partial charge in [0.15, 0.2) is 17.7 Å². The van der Waals surface area contributed by atoms with Crippen molar-refractivity contribution in [2.75, 3.05) is 6.61 Å². The summed E-state index contributed by atoms with van der Waals surface area (Å²) in [5, 5.41) is 9.71. The largest absolute Gasteiger partial charge is 0.505 e. The van der Waals surface area contributed by atoms with E-state index < -0.39 is 45.9 Å². The fourth-order valence-electron chi connectivity index (χ4n) is 1.76. The highest BCUT2D eigenvalue weighted by Crippen LogP contribution is 2.32. The molecular weight excluding hydrogens is 284 g/mol. The Morgan fingerprint density at radius 1 is 1.42 bits per heavy atom. The molecule has 0 amide bonds. The van der Waals surface area contributed by atoms with E-state index in [0.29, 0.717) is 0 Å². The molecule has 1 saturated heterocycles. The van der Waals surface area contributed by atoms with Crippen molar-refractivity contribution >= 4 is 16.4 Å². The number of carbonyl (C=O) groups excluding carboxylic acids is 1. The number of aliphatic hydroxyl groups excluding tert-OH is 1. The first-order valence-electron chi connectivity index (χ1n) is 5.22. The second-order valence-corrected chi connectivity index (χ2v) is 5.44. The van der Waals surface area contributed by atoms with E-state index in [1.165, 1.54) is 0 Å². The van der Waals surface area contributed by atoms with Crippen molar-refractivity contribution in [2.24, 2.45) is 0 Å². The van der Waals surface area contributed by atoms with E-state index in [1.807, 2.05) is 0 Å². The Morgan fingerprint density at radius 2 is 2.05 bits per heavy atom. The van der Waals surface area contributed by atoms with Gasteiger partial charge >= 0.3 is 16.4 Å². The number of aliphatic hydroxyl groups is 1. The van der Waals surface area contributed by atoms with E-state index in [-0.39, 0.29) is 6.61 Å². The molecule has 1 fully saturated rings. The van der Waals surface area contributed by atoms with Gasteiger partial charge in [-0.25, -0.2) is 4.79 Å². The molecule has 10 heteroatoms. The van der Waals surface area contributed by atoms with E-state index in [0.717, 1.165) is 0 Å². The first-order chi connectivity index (χ1) is 8.59. The quantitative estimate of drug-likeness (QED) is 0.530. The van der Waals surface area contributed by atoms with Crippen LogP contribution in [0, 0.1) is 0 Å². The molecule has 2 heterocycles. The monoisotopic (exact) mass is 296 g/mol. The van der Waals surface area contributed by atoms with Crippen molar-refractivity contribution in [3.8, 4) is 0 Å². The average Bonchev–Trinajstić information content (AvgIpc) is 2.71. The fraction of sp³-hybridized carbons (Fsp3) is 0.667. The summed E-state index contributed by atoms with van der Waals surface area (Å²) >= 11 is 0. The maximum Gasteiger partial charge on any atom is 0.446 e. The molecule has 2 rings (SSSR count). The van der Waals surface area contributed by atoms with Crippen LogP contribution in [0.25, 0.3) is 0 Å². The van der Waals surface area contributed by atoms with Gasteiger partial charge < -0.3 is 23.5 Å². The number of cyclic esters (lactones) is 1. The van der Waals surface area contributed by atoms with Gasteiger partial charge in [0, 0.05) is 0 Å². The van der Waals surface area contributed by atoms with Gasteiger partial charge in [0.05, 0.1) is 6.61 Å². The molecule has 2 atom stereocenters. The molecule has 0 aromatic carbocycles. The summed E-state index contributed by atoms with van der Waals surface area (Å²) in [6.07, 6.45) is -2.05. The Morgan fingerprint density at radius 3 is 2.53 bits per heavy atom. The van der Waals surface area contributed by atoms with Gasteiger partial charge in [0.25, 0.3) is 5.76 Å². The zero-order chi connectivity index (χ0) is 14.4. The molecule has 0 aromatic rings. The third-order valence-electron chi connectivity index (χ3n) is 2.48. The normalized spacial score (nSPS) is 30.6. The maximum absolute atomic E-state index is 11.4. The molecule has 2 N–H and O–H groups in total. The molecule has 2 aliphatic rings. The van der Waals surface area contributed by atoms with E-state index >= 15 is 0 Å². The second kappa shape index (κ2) is 4.34. The van der Waals surface area contributed by atoms with Gasteiger partial charge in [-0.3, -0.25) is 4.55 Å². The van der Waals surface area contributed by atoms with Crippen LogP contribution in [0.2, 0.25) is 0 Å². The van der Waals surface area contributed by atoms with Gasteiger partial charge in [0.2, 0.25) is 0 Å². The molecule has 0 spiro atoms. The fourth-order valence-corrected chi connectivity index (χ4v) is 2.12. The second-order valence-electron chi connectivity index (χ2n) is 4.42. The number of hydrogen-bond donors (Lipinski definition) is 2. The predicted molar refractivity (Wildman–Crippen MR) is 57.1 cm³/mol. The summed E-state index contributed by atoms with van der Waals surface area (Å²) in [6, 6.07) is 0. The summed E-state index contributed by atoms with van der Waals surface area (Å²) < 4.78 is 48.8. The van der Waals surface area contributed by atoms with Gasteiger partial charge in [-0.05, 0) is 13.8 Å².